The number of nitrogens with one attached hydrogen (secondary N) is 3. The molecule has 0 bridgehead atoms. The van der Waals surface area contributed by atoms with Crippen molar-refractivity contribution >= 4 is 34.4 Å². The van der Waals surface area contributed by atoms with Crippen LogP contribution in [0, 0.1) is 0 Å². The van der Waals surface area contributed by atoms with Gasteiger partial charge in [-0.05, 0) is 55.6 Å². The highest BCUT2D eigenvalue weighted by atomic mass is 16.1. The van der Waals surface area contributed by atoms with Gasteiger partial charge in [0, 0.05) is 60.6 Å². The molecule has 0 unspecified atom stereocenters. The van der Waals surface area contributed by atoms with Crippen LogP contribution < -0.4 is 15.5 Å². The second-order valence-electron chi connectivity index (χ2n) is 8.97. The van der Waals surface area contributed by atoms with Gasteiger partial charge in [0.2, 0.25) is 0 Å². The minimum Gasteiger partial charge on any atom is -0.369 e. The molecule has 11 heteroatoms. The number of fused-ring (bicyclic) bond motifs is 1. The van der Waals surface area contributed by atoms with Crippen LogP contribution in [0.25, 0.3) is 16.9 Å². The number of H-pyrrole nitrogens is 1. The highest BCUT2D eigenvalue weighted by Crippen LogP contribution is 2.24. The Morgan fingerprint density at radius 2 is 1.68 bits per heavy atom. The molecule has 0 atom stereocenters. The lowest BCUT2D eigenvalue weighted by atomic mass is 10.1. The molecular weight excluding hydrogens is 468 g/mol. The fraction of sp³-hybridized carbons (Fsp3) is 0.192. The monoisotopic (exact) mass is 494 g/mol. The summed E-state index contributed by atoms with van der Waals surface area (Å²) in [5.74, 6) is 0.392. The van der Waals surface area contributed by atoms with Gasteiger partial charge in [-0.15, -0.1) is 0 Å². The van der Waals surface area contributed by atoms with Crippen molar-refractivity contribution in [1.82, 2.24) is 34.7 Å². The van der Waals surface area contributed by atoms with E-state index in [1.54, 1.807) is 35.2 Å². The van der Waals surface area contributed by atoms with Gasteiger partial charge in [-0.1, -0.05) is 0 Å². The minimum absolute atomic E-state index is 0.165. The number of amides is 1. The van der Waals surface area contributed by atoms with Crippen molar-refractivity contribution in [3.05, 3.63) is 79.0 Å². The molecule has 6 rings (SSSR count). The number of piperazine rings is 1. The zero-order chi connectivity index (χ0) is 25.2. The summed E-state index contributed by atoms with van der Waals surface area (Å²) in [7, 11) is 2.14. The van der Waals surface area contributed by atoms with Crippen molar-refractivity contribution in [3.8, 4) is 11.3 Å². The Morgan fingerprint density at radius 3 is 2.41 bits per heavy atom. The SMILES string of the molecule is CN1CCN(c2ccc(NC(=O)c3ccc(Nc4ncc(-c5cn[nH]c5)n5ncnc45)cc3)cc2)CC1. The summed E-state index contributed by atoms with van der Waals surface area (Å²) >= 11 is 0. The lowest BCUT2D eigenvalue weighted by Gasteiger charge is -2.34. The van der Waals surface area contributed by atoms with Gasteiger partial charge in [0.25, 0.3) is 5.91 Å². The zero-order valence-corrected chi connectivity index (χ0v) is 20.3. The van der Waals surface area contributed by atoms with E-state index in [4.69, 9.17) is 0 Å². The fourth-order valence-electron chi connectivity index (χ4n) is 4.36. The average Bonchev–Trinajstić information content (AvgIpc) is 3.64. The van der Waals surface area contributed by atoms with Gasteiger partial charge >= 0.3 is 0 Å². The van der Waals surface area contributed by atoms with Gasteiger partial charge < -0.3 is 20.4 Å². The lowest BCUT2D eigenvalue weighted by Crippen LogP contribution is -2.44. The van der Waals surface area contributed by atoms with Crippen LogP contribution in [0.15, 0.2) is 73.4 Å². The molecule has 2 aromatic carbocycles. The number of hydrogen-bond donors (Lipinski definition) is 3. The quantitative estimate of drug-likeness (QED) is 0.329. The molecule has 3 N–H and O–H groups in total. The molecule has 0 radical (unpaired) electrons. The maximum Gasteiger partial charge on any atom is 0.255 e. The van der Waals surface area contributed by atoms with E-state index in [-0.39, 0.29) is 5.91 Å². The molecule has 1 aliphatic heterocycles. The molecule has 0 aliphatic carbocycles. The number of likely N-dealkylation sites (N-methyl/N-ethyl adjacent to an activating group) is 1. The molecular formula is C26H26N10O. The standard InChI is InChI=1S/C26H26N10O/c1-34-10-12-35(13-11-34)22-8-6-21(7-9-22)33-26(37)18-2-4-20(5-3-18)32-24-25-28-17-31-36(25)23(16-27-24)19-14-29-30-15-19/h2-9,14-17H,10-13H2,1H3,(H,27,32)(H,29,30)(H,33,37). The Hall–Kier alpha value is -4.77. The highest BCUT2D eigenvalue weighted by molar-refractivity contribution is 6.04. The fourth-order valence-corrected chi connectivity index (χ4v) is 4.36. The normalized spacial score (nSPS) is 14.1. The molecule has 37 heavy (non-hydrogen) atoms. The Bertz CT molecular complexity index is 1500. The van der Waals surface area contributed by atoms with Crippen LogP contribution in [0.5, 0.6) is 0 Å². The number of aromatic amines is 1. The Balaban J connectivity index is 1.12. The van der Waals surface area contributed by atoms with E-state index >= 15 is 0 Å². The van der Waals surface area contributed by atoms with E-state index in [9.17, 15) is 4.79 Å². The summed E-state index contributed by atoms with van der Waals surface area (Å²) in [5.41, 5.74) is 5.50. The molecule has 5 aromatic rings. The molecule has 3 aromatic heterocycles. The van der Waals surface area contributed by atoms with Gasteiger partial charge in [-0.25, -0.2) is 14.5 Å². The van der Waals surface area contributed by atoms with Crippen LogP contribution in [0.4, 0.5) is 22.9 Å². The summed E-state index contributed by atoms with van der Waals surface area (Å²) in [6, 6.07) is 15.2. The first-order valence-electron chi connectivity index (χ1n) is 12.0. The van der Waals surface area contributed by atoms with E-state index < -0.39 is 0 Å². The van der Waals surface area contributed by atoms with Crippen LogP contribution in [-0.2, 0) is 0 Å². The summed E-state index contributed by atoms with van der Waals surface area (Å²) < 4.78 is 1.71. The maximum atomic E-state index is 12.8. The third-order valence-electron chi connectivity index (χ3n) is 6.50. The number of aromatic nitrogens is 6. The third-order valence-corrected chi connectivity index (χ3v) is 6.50. The van der Waals surface area contributed by atoms with E-state index in [0.29, 0.717) is 17.0 Å². The maximum absolute atomic E-state index is 12.8. The first kappa shape index (κ1) is 22.7. The Labute approximate surface area is 213 Å². The Kier molecular flexibility index (Phi) is 5.95. The highest BCUT2D eigenvalue weighted by Gasteiger charge is 2.15. The number of benzene rings is 2. The van der Waals surface area contributed by atoms with Crippen molar-refractivity contribution in [2.24, 2.45) is 0 Å². The number of rotatable bonds is 6. The number of nitrogens with zero attached hydrogens (tertiary/aromatic N) is 7. The predicted octanol–water partition coefficient (Wildman–Crippen LogP) is 3.26. The van der Waals surface area contributed by atoms with Gasteiger partial charge in [-0.3, -0.25) is 9.89 Å². The van der Waals surface area contributed by atoms with Crippen molar-refractivity contribution in [1.29, 1.82) is 0 Å². The van der Waals surface area contributed by atoms with Crippen LogP contribution >= 0.6 is 0 Å². The van der Waals surface area contributed by atoms with E-state index in [2.05, 4.69) is 64.9 Å². The second kappa shape index (κ2) is 9.70. The van der Waals surface area contributed by atoms with E-state index in [1.807, 2.05) is 24.3 Å². The molecule has 0 saturated carbocycles. The van der Waals surface area contributed by atoms with Crippen LogP contribution in [0.3, 0.4) is 0 Å². The molecule has 1 fully saturated rings. The predicted molar refractivity (Wildman–Crippen MR) is 142 cm³/mol. The molecule has 11 nitrogen and oxygen atoms in total. The largest absolute Gasteiger partial charge is 0.369 e. The number of carbonyl (C=O) groups excluding carboxylic acids is 1. The molecule has 4 heterocycles. The number of anilines is 4. The molecule has 1 amide bonds. The van der Waals surface area contributed by atoms with Crippen molar-refractivity contribution in [2.75, 3.05) is 48.8 Å². The van der Waals surface area contributed by atoms with Crippen molar-refractivity contribution in [2.45, 2.75) is 0 Å². The second-order valence-corrected chi connectivity index (χ2v) is 8.97. The topological polar surface area (TPSA) is 119 Å². The minimum atomic E-state index is -0.165. The number of hydrogen-bond acceptors (Lipinski definition) is 8. The van der Waals surface area contributed by atoms with Crippen molar-refractivity contribution < 1.29 is 4.79 Å². The Morgan fingerprint density at radius 1 is 0.919 bits per heavy atom. The summed E-state index contributed by atoms with van der Waals surface area (Å²) in [4.78, 5) is 26.4. The zero-order valence-electron chi connectivity index (χ0n) is 20.3. The average molecular weight is 495 g/mol. The van der Waals surface area contributed by atoms with Gasteiger partial charge in [0.1, 0.15) is 6.33 Å². The molecule has 0 spiro atoms. The molecule has 1 saturated heterocycles. The van der Waals surface area contributed by atoms with E-state index in [1.165, 1.54) is 12.0 Å². The molecule has 186 valence electrons. The van der Waals surface area contributed by atoms with Crippen molar-refractivity contribution in [3.63, 3.8) is 0 Å². The first-order valence-corrected chi connectivity index (χ1v) is 12.0. The van der Waals surface area contributed by atoms with Crippen LogP contribution in [0.1, 0.15) is 10.4 Å². The van der Waals surface area contributed by atoms with E-state index in [0.717, 1.165) is 48.8 Å². The summed E-state index contributed by atoms with van der Waals surface area (Å²) in [6.45, 7) is 4.13. The van der Waals surface area contributed by atoms with Crippen LogP contribution in [-0.4, -0.2) is 73.8 Å². The third kappa shape index (κ3) is 4.71. The summed E-state index contributed by atoms with van der Waals surface area (Å²) in [5, 5.41) is 17.3. The van der Waals surface area contributed by atoms with Crippen LogP contribution in [0.2, 0.25) is 0 Å². The van der Waals surface area contributed by atoms with Gasteiger partial charge in [0.15, 0.2) is 11.5 Å². The van der Waals surface area contributed by atoms with Gasteiger partial charge in [0.05, 0.1) is 18.1 Å². The summed E-state index contributed by atoms with van der Waals surface area (Å²) in [6.07, 6.45) is 6.68. The number of carbonyl (C=O) groups is 1. The van der Waals surface area contributed by atoms with Gasteiger partial charge in [-0.2, -0.15) is 10.2 Å². The first-order chi connectivity index (χ1) is 18.1. The smallest absolute Gasteiger partial charge is 0.255 e. The lowest BCUT2D eigenvalue weighted by molar-refractivity contribution is 0.102. The molecule has 1 aliphatic rings.